The second-order valence-corrected chi connectivity index (χ2v) is 7.83. The number of benzene rings is 2. The lowest BCUT2D eigenvalue weighted by molar-refractivity contribution is 0.385. The molecular formula is C17H16ClN3O2S. The van der Waals surface area contributed by atoms with Gasteiger partial charge in [-0.3, -0.25) is 0 Å². The molecule has 1 aliphatic heterocycles. The Hall–Kier alpha value is -2.07. The zero-order valence-electron chi connectivity index (χ0n) is 12.9. The van der Waals surface area contributed by atoms with Gasteiger partial charge in [-0.15, -0.1) is 0 Å². The zero-order chi connectivity index (χ0) is 17.2. The lowest BCUT2D eigenvalue weighted by Gasteiger charge is -2.35. The third kappa shape index (κ3) is 3.24. The number of nitrogens with zero attached hydrogens (tertiary/aromatic N) is 3. The molecule has 3 rings (SSSR count). The van der Waals surface area contributed by atoms with E-state index in [0.717, 1.165) is 5.69 Å². The molecular weight excluding hydrogens is 346 g/mol. The second kappa shape index (κ2) is 6.81. The molecule has 1 heterocycles. The standard InChI is InChI=1S/C17H16ClN3O2S/c18-16-6-1-2-7-17(16)20-8-10-21(11-9-20)24(22,23)15-5-3-4-14(12-15)13-19/h1-7,12H,8-11H2. The number of hydrogen-bond donors (Lipinski definition) is 0. The van der Waals surface area contributed by atoms with E-state index in [1.165, 1.54) is 16.4 Å². The summed E-state index contributed by atoms with van der Waals surface area (Å²) in [6.07, 6.45) is 0. The van der Waals surface area contributed by atoms with Crippen LogP contribution in [0.5, 0.6) is 0 Å². The number of para-hydroxylation sites is 1. The third-order valence-electron chi connectivity index (χ3n) is 4.03. The van der Waals surface area contributed by atoms with Crippen LogP contribution in [0.2, 0.25) is 5.02 Å². The maximum Gasteiger partial charge on any atom is 0.243 e. The van der Waals surface area contributed by atoms with Gasteiger partial charge in [0.2, 0.25) is 10.0 Å². The van der Waals surface area contributed by atoms with E-state index in [9.17, 15) is 8.42 Å². The van der Waals surface area contributed by atoms with E-state index in [-0.39, 0.29) is 4.90 Å². The summed E-state index contributed by atoms with van der Waals surface area (Å²) in [6.45, 7) is 1.90. The molecule has 1 saturated heterocycles. The predicted octanol–water partition coefficient (Wildman–Crippen LogP) is 2.72. The van der Waals surface area contributed by atoms with E-state index < -0.39 is 10.0 Å². The molecule has 0 bridgehead atoms. The van der Waals surface area contributed by atoms with E-state index in [2.05, 4.69) is 4.90 Å². The van der Waals surface area contributed by atoms with Crippen LogP contribution in [-0.2, 0) is 10.0 Å². The van der Waals surface area contributed by atoms with Gasteiger partial charge in [-0.1, -0.05) is 29.8 Å². The van der Waals surface area contributed by atoms with E-state index in [1.807, 2.05) is 30.3 Å². The highest BCUT2D eigenvalue weighted by Crippen LogP contribution is 2.27. The molecule has 0 aromatic heterocycles. The Labute approximate surface area is 146 Å². The van der Waals surface area contributed by atoms with Gasteiger partial charge in [0.05, 0.1) is 27.2 Å². The largest absolute Gasteiger partial charge is 0.368 e. The molecule has 0 unspecified atom stereocenters. The van der Waals surface area contributed by atoms with Crippen LogP contribution >= 0.6 is 11.6 Å². The summed E-state index contributed by atoms with van der Waals surface area (Å²) in [7, 11) is -3.59. The average Bonchev–Trinajstić information content (AvgIpc) is 2.62. The van der Waals surface area contributed by atoms with Crippen molar-refractivity contribution in [1.82, 2.24) is 4.31 Å². The summed E-state index contributed by atoms with van der Waals surface area (Å²) in [5.41, 5.74) is 1.26. The number of anilines is 1. The molecule has 24 heavy (non-hydrogen) atoms. The van der Waals surface area contributed by atoms with Gasteiger partial charge in [-0.25, -0.2) is 8.42 Å². The lowest BCUT2D eigenvalue weighted by Crippen LogP contribution is -2.48. The van der Waals surface area contributed by atoms with E-state index >= 15 is 0 Å². The van der Waals surface area contributed by atoms with Crippen molar-refractivity contribution in [3.8, 4) is 6.07 Å². The molecule has 124 valence electrons. The van der Waals surface area contributed by atoms with Crippen LogP contribution in [-0.4, -0.2) is 38.9 Å². The van der Waals surface area contributed by atoms with Crippen molar-refractivity contribution in [2.24, 2.45) is 0 Å². The fourth-order valence-corrected chi connectivity index (χ4v) is 4.48. The van der Waals surface area contributed by atoms with Crippen LogP contribution in [0.4, 0.5) is 5.69 Å². The van der Waals surface area contributed by atoms with Crippen molar-refractivity contribution in [2.75, 3.05) is 31.1 Å². The number of hydrogen-bond acceptors (Lipinski definition) is 4. The van der Waals surface area contributed by atoms with Crippen LogP contribution in [0.1, 0.15) is 5.56 Å². The van der Waals surface area contributed by atoms with Crippen LogP contribution in [0.15, 0.2) is 53.4 Å². The molecule has 0 radical (unpaired) electrons. The Balaban J connectivity index is 1.76. The molecule has 0 aliphatic carbocycles. The van der Waals surface area contributed by atoms with Gasteiger partial charge in [-0.05, 0) is 30.3 Å². The molecule has 7 heteroatoms. The molecule has 2 aromatic rings. The molecule has 5 nitrogen and oxygen atoms in total. The molecule has 0 spiro atoms. The average molecular weight is 362 g/mol. The molecule has 1 aliphatic rings. The van der Waals surface area contributed by atoms with Gasteiger partial charge < -0.3 is 4.90 Å². The highest BCUT2D eigenvalue weighted by Gasteiger charge is 2.29. The highest BCUT2D eigenvalue weighted by molar-refractivity contribution is 7.89. The first-order valence-electron chi connectivity index (χ1n) is 7.52. The van der Waals surface area contributed by atoms with Crippen molar-refractivity contribution in [2.45, 2.75) is 4.90 Å². The van der Waals surface area contributed by atoms with Crippen LogP contribution in [0.25, 0.3) is 0 Å². The first kappa shape index (κ1) is 16.8. The van der Waals surface area contributed by atoms with Crippen molar-refractivity contribution >= 4 is 27.3 Å². The monoisotopic (exact) mass is 361 g/mol. The quantitative estimate of drug-likeness (QED) is 0.843. The second-order valence-electron chi connectivity index (χ2n) is 5.48. The van der Waals surface area contributed by atoms with Crippen molar-refractivity contribution in [1.29, 1.82) is 5.26 Å². The predicted molar refractivity (Wildman–Crippen MR) is 93.6 cm³/mol. The lowest BCUT2D eigenvalue weighted by atomic mass is 10.2. The summed E-state index contributed by atoms with van der Waals surface area (Å²) >= 11 is 6.21. The zero-order valence-corrected chi connectivity index (χ0v) is 14.5. The maximum atomic E-state index is 12.7. The number of halogens is 1. The third-order valence-corrected chi connectivity index (χ3v) is 6.25. The van der Waals surface area contributed by atoms with Crippen molar-refractivity contribution in [3.05, 3.63) is 59.1 Å². The van der Waals surface area contributed by atoms with Gasteiger partial charge in [-0.2, -0.15) is 9.57 Å². The molecule has 0 saturated carbocycles. The summed E-state index contributed by atoms with van der Waals surface area (Å²) in [5, 5.41) is 9.61. The smallest absolute Gasteiger partial charge is 0.243 e. The molecule has 2 aromatic carbocycles. The van der Waals surface area contributed by atoms with Gasteiger partial charge in [0.15, 0.2) is 0 Å². The SMILES string of the molecule is N#Cc1cccc(S(=O)(=O)N2CCN(c3ccccc3Cl)CC2)c1. The maximum absolute atomic E-state index is 12.7. The molecule has 0 N–H and O–H groups in total. The van der Waals surface area contributed by atoms with Crippen molar-refractivity contribution in [3.63, 3.8) is 0 Å². The fourth-order valence-electron chi connectivity index (χ4n) is 2.75. The Bertz CT molecular complexity index is 885. The minimum absolute atomic E-state index is 0.160. The first-order chi connectivity index (χ1) is 11.5. The van der Waals surface area contributed by atoms with Gasteiger partial charge >= 0.3 is 0 Å². The number of rotatable bonds is 3. The van der Waals surface area contributed by atoms with Crippen molar-refractivity contribution < 1.29 is 8.42 Å². The summed E-state index contributed by atoms with van der Waals surface area (Å²) in [5.74, 6) is 0. The van der Waals surface area contributed by atoms with Gasteiger partial charge in [0, 0.05) is 26.2 Å². The molecule has 1 fully saturated rings. The Morgan fingerprint density at radius 3 is 2.38 bits per heavy atom. The minimum Gasteiger partial charge on any atom is -0.368 e. The van der Waals surface area contributed by atoms with Gasteiger partial charge in [0.25, 0.3) is 0 Å². The van der Waals surface area contributed by atoms with Crippen LogP contribution in [0.3, 0.4) is 0 Å². The number of piperazine rings is 1. The normalized spacial score (nSPS) is 15.9. The molecule has 0 atom stereocenters. The van der Waals surface area contributed by atoms with Crippen LogP contribution < -0.4 is 4.90 Å². The van der Waals surface area contributed by atoms with Gasteiger partial charge in [0.1, 0.15) is 0 Å². The summed E-state index contributed by atoms with van der Waals surface area (Å²) in [6, 6.07) is 15.6. The fraction of sp³-hybridized carbons (Fsp3) is 0.235. The van der Waals surface area contributed by atoms with E-state index in [1.54, 1.807) is 12.1 Å². The molecule has 0 amide bonds. The number of nitriles is 1. The van der Waals surface area contributed by atoms with Crippen LogP contribution in [0, 0.1) is 11.3 Å². The summed E-state index contributed by atoms with van der Waals surface area (Å²) in [4.78, 5) is 2.24. The summed E-state index contributed by atoms with van der Waals surface area (Å²) < 4.78 is 26.9. The highest BCUT2D eigenvalue weighted by atomic mass is 35.5. The van der Waals surface area contributed by atoms with E-state index in [0.29, 0.717) is 36.8 Å². The van der Waals surface area contributed by atoms with E-state index in [4.69, 9.17) is 16.9 Å². The minimum atomic E-state index is -3.59. The Morgan fingerprint density at radius 2 is 1.71 bits per heavy atom. The Kier molecular flexibility index (Phi) is 4.76. The first-order valence-corrected chi connectivity index (χ1v) is 9.34. The number of sulfonamides is 1. The topological polar surface area (TPSA) is 64.4 Å². The Morgan fingerprint density at radius 1 is 1.00 bits per heavy atom.